The standard InChI is InChI=1S/C15H12FN3O2S/c1-3-7-19-13-10(16)5-4-6-12(13)22-15(19)17-14(20)11-8-9(2)21-18-11/h3-6,8H,1,7H2,2H3. The van der Waals surface area contributed by atoms with Crippen LogP contribution in [0.3, 0.4) is 0 Å². The van der Waals surface area contributed by atoms with E-state index in [9.17, 15) is 9.18 Å². The molecule has 0 radical (unpaired) electrons. The van der Waals surface area contributed by atoms with Crippen LogP contribution in [0.1, 0.15) is 16.2 Å². The van der Waals surface area contributed by atoms with Crippen LogP contribution in [0.5, 0.6) is 0 Å². The number of amides is 1. The lowest BCUT2D eigenvalue weighted by atomic mass is 10.3. The number of aryl methyl sites for hydroxylation is 1. The van der Waals surface area contributed by atoms with Crippen molar-refractivity contribution in [1.29, 1.82) is 0 Å². The average Bonchev–Trinajstić information content (AvgIpc) is 3.05. The largest absolute Gasteiger partial charge is 0.361 e. The van der Waals surface area contributed by atoms with Gasteiger partial charge in [-0.3, -0.25) is 4.79 Å². The number of hydrogen-bond acceptors (Lipinski definition) is 4. The molecular weight excluding hydrogens is 305 g/mol. The van der Waals surface area contributed by atoms with Gasteiger partial charge in [0.15, 0.2) is 10.5 Å². The van der Waals surface area contributed by atoms with Crippen LogP contribution in [0.4, 0.5) is 4.39 Å². The number of aromatic nitrogens is 2. The first-order chi connectivity index (χ1) is 10.6. The van der Waals surface area contributed by atoms with Crippen LogP contribution in [0.25, 0.3) is 10.2 Å². The minimum atomic E-state index is -0.526. The lowest BCUT2D eigenvalue weighted by molar-refractivity contribution is 0.0989. The van der Waals surface area contributed by atoms with Crippen LogP contribution in [-0.2, 0) is 6.54 Å². The van der Waals surface area contributed by atoms with Gasteiger partial charge in [-0.15, -0.1) is 6.58 Å². The fourth-order valence-electron chi connectivity index (χ4n) is 2.08. The molecule has 0 fully saturated rings. The van der Waals surface area contributed by atoms with Gasteiger partial charge >= 0.3 is 5.91 Å². The summed E-state index contributed by atoms with van der Waals surface area (Å²) in [5.74, 6) is -0.358. The van der Waals surface area contributed by atoms with Gasteiger partial charge in [-0.2, -0.15) is 4.99 Å². The molecule has 2 aromatic heterocycles. The number of carbonyl (C=O) groups is 1. The molecule has 7 heteroatoms. The van der Waals surface area contributed by atoms with Crippen molar-refractivity contribution in [2.75, 3.05) is 0 Å². The van der Waals surface area contributed by atoms with Crippen LogP contribution in [0.2, 0.25) is 0 Å². The number of hydrogen-bond donors (Lipinski definition) is 0. The van der Waals surface area contributed by atoms with Crippen LogP contribution in [-0.4, -0.2) is 15.6 Å². The first kappa shape index (κ1) is 14.4. The Balaban J connectivity index is 2.19. The summed E-state index contributed by atoms with van der Waals surface area (Å²) in [4.78, 5) is 16.6. The molecule has 2 heterocycles. The zero-order valence-corrected chi connectivity index (χ0v) is 12.6. The molecule has 0 aliphatic heterocycles. The van der Waals surface area contributed by atoms with Gasteiger partial charge in [0, 0.05) is 12.6 Å². The molecule has 0 unspecified atom stereocenters. The maximum atomic E-state index is 14.0. The predicted molar refractivity (Wildman–Crippen MR) is 81.1 cm³/mol. The van der Waals surface area contributed by atoms with Gasteiger partial charge in [0.2, 0.25) is 0 Å². The van der Waals surface area contributed by atoms with E-state index in [1.165, 1.54) is 23.5 Å². The Morgan fingerprint density at radius 1 is 1.59 bits per heavy atom. The number of halogens is 1. The molecule has 3 aromatic rings. The van der Waals surface area contributed by atoms with Crippen LogP contribution in [0, 0.1) is 12.7 Å². The van der Waals surface area contributed by atoms with Gasteiger partial charge in [-0.1, -0.05) is 28.6 Å². The summed E-state index contributed by atoms with van der Waals surface area (Å²) in [6.07, 6.45) is 1.63. The van der Waals surface area contributed by atoms with E-state index in [1.54, 1.807) is 29.7 Å². The maximum Gasteiger partial charge on any atom is 0.301 e. The first-order valence-electron chi connectivity index (χ1n) is 6.51. The van der Waals surface area contributed by atoms with E-state index in [-0.39, 0.29) is 11.5 Å². The van der Waals surface area contributed by atoms with E-state index < -0.39 is 5.91 Å². The zero-order valence-electron chi connectivity index (χ0n) is 11.7. The second-order valence-electron chi connectivity index (χ2n) is 4.61. The Hall–Kier alpha value is -2.54. The number of thiazole rings is 1. The number of carbonyl (C=O) groups excluding carboxylic acids is 1. The smallest absolute Gasteiger partial charge is 0.301 e. The molecule has 0 aliphatic carbocycles. The van der Waals surface area contributed by atoms with E-state index in [4.69, 9.17) is 4.52 Å². The molecule has 22 heavy (non-hydrogen) atoms. The molecule has 0 atom stereocenters. The fourth-order valence-corrected chi connectivity index (χ4v) is 3.13. The van der Waals surface area contributed by atoms with Crippen LogP contribution in [0.15, 0.2) is 46.4 Å². The molecule has 112 valence electrons. The molecular formula is C15H12FN3O2S. The summed E-state index contributed by atoms with van der Waals surface area (Å²) in [5.41, 5.74) is 0.538. The molecule has 0 bridgehead atoms. The molecule has 0 N–H and O–H groups in total. The second-order valence-corrected chi connectivity index (χ2v) is 5.62. The number of nitrogens with zero attached hydrogens (tertiary/aromatic N) is 3. The lowest BCUT2D eigenvalue weighted by Gasteiger charge is -2.01. The predicted octanol–water partition coefficient (Wildman–Crippen LogP) is 3.07. The van der Waals surface area contributed by atoms with Crippen molar-refractivity contribution in [3.63, 3.8) is 0 Å². The van der Waals surface area contributed by atoms with Gasteiger partial charge in [-0.05, 0) is 19.1 Å². The van der Waals surface area contributed by atoms with Gasteiger partial charge < -0.3 is 9.09 Å². The molecule has 0 aliphatic rings. The SMILES string of the molecule is C=CCn1c(=NC(=O)c2cc(C)on2)sc2cccc(F)c21. The number of fused-ring (bicyclic) bond motifs is 1. The van der Waals surface area contributed by atoms with Crippen LogP contribution >= 0.6 is 11.3 Å². The van der Waals surface area contributed by atoms with E-state index in [0.717, 1.165) is 0 Å². The first-order valence-corrected chi connectivity index (χ1v) is 7.33. The normalized spacial score (nSPS) is 12.0. The Morgan fingerprint density at radius 3 is 3.09 bits per heavy atom. The van der Waals surface area contributed by atoms with Gasteiger partial charge in [0.25, 0.3) is 0 Å². The summed E-state index contributed by atoms with van der Waals surface area (Å²) in [6.45, 7) is 5.70. The van der Waals surface area contributed by atoms with Gasteiger partial charge in [-0.25, -0.2) is 4.39 Å². The van der Waals surface area contributed by atoms with Crippen molar-refractivity contribution < 1.29 is 13.7 Å². The third-order valence-corrected chi connectivity index (χ3v) is 4.05. The van der Waals surface area contributed by atoms with Crippen molar-refractivity contribution in [2.24, 2.45) is 4.99 Å². The second kappa shape index (κ2) is 5.69. The van der Waals surface area contributed by atoms with Crippen molar-refractivity contribution in [1.82, 2.24) is 9.72 Å². The van der Waals surface area contributed by atoms with Crippen molar-refractivity contribution in [3.05, 3.63) is 59.0 Å². The quantitative estimate of drug-likeness (QED) is 0.698. The summed E-state index contributed by atoms with van der Waals surface area (Å²) in [7, 11) is 0. The number of allylic oxidation sites excluding steroid dienone is 1. The third-order valence-electron chi connectivity index (χ3n) is 3.01. The highest BCUT2D eigenvalue weighted by Crippen LogP contribution is 2.20. The maximum absolute atomic E-state index is 14.0. The minimum absolute atomic E-state index is 0.126. The van der Waals surface area contributed by atoms with E-state index in [1.807, 2.05) is 0 Å². The molecule has 1 amide bonds. The molecule has 0 saturated heterocycles. The molecule has 0 saturated carbocycles. The fraction of sp³-hybridized carbons (Fsp3) is 0.133. The molecule has 1 aromatic carbocycles. The highest BCUT2D eigenvalue weighted by Gasteiger charge is 2.13. The van der Waals surface area contributed by atoms with E-state index in [0.29, 0.717) is 27.3 Å². The van der Waals surface area contributed by atoms with Gasteiger partial charge in [0.05, 0.1) is 10.2 Å². The highest BCUT2D eigenvalue weighted by atomic mass is 32.1. The molecule has 5 nitrogen and oxygen atoms in total. The Labute approximate surface area is 129 Å². The summed E-state index contributed by atoms with van der Waals surface area (Å²) in [5, 5.41) is 3.64. The van der Waals surface area contributed by atoms with Crippen molar-refractivity contribution in [2.45, 2.75) is 13.5 Å². The van der Waals surface area contributed by atoms with Crippen molar-refractivity contribution >= 4 is 27.5 Å². The van der Waals surface area contributed by atoms with Gasteiger partial charge in [0.1, 0.15) is 11.6 Å². The Morgan fingerprint density at radius 2 is 2.41 bits per heavy atom. The monoisotopic (exact) mass is 317 g/mol. The van der Waals surface area contributed by atoms with Crippen molar-refractivity contribution in [3.8, 4) is 0 Å². The summed E-state index contributed by atoms with van der Waals surface area (Å²) < 4.78 is 21.2. The minimum Gasteiger partial charge on any atom is -0.361 e. The third kappa shape index (κ3) is 2.50. The summed E-state index contributed by atoms with van der Waals surface area (Å²) in [6, 6.07) is 6.30. The lowest BCUT2D eigenvalue weighted by Crippen LogP contribution is -2.16. The Kier molecular flexibility index (Phi) is 3.72. The molecule has 3 rings (SSSR count). The topological polar surface area (TPSA) is 60.4 Å². The molecule has 0 spiro atoms. The highest BCUT2D eigenvalue weighted by molar-refractivity contribution is 7.16. The Bertz CT molecular complexity index is 936. The average molecular weight is 317 g/mol. The summed E-state index contributed by atoms with van der Waals surface area (Å²) >= 11 is 1.24. The van der Waals surface area contributed by atoms with E-state index in [2.05, 4.69) is 16.7 Å². The number of benzene rings is 1. The van der Waals surface area contributed by atoms with E-state index >= 15 is 0 Å². The number of para-hydroxylation sites is 1. The zero-order chi connectivity index (χ0) is 15.7. The van der Waals surface area contributed by atoms with Crippen LogP contribution < -0.4 is 4.80 Å². The number of rotatable bonds is 3.